The van der Waals surface area contributed by atoms with Gasteiger partial charge in [0.1, 0.15) is 0 Å². The third-order valence-electron chi connectivity index (χ3n) is 3.72. The highest BCUT2D eigenvalue weighted by atomic mass is 16.2. The van der Waals surface area contributed by atoms with Gasteiger partial charge in [0.25, 0.3) is 0 Å². The molecule has 1 aromatic rings. The molecular weight excluding hydrogens is 240 g/mol. The van der Waals surface area contributed by atoms with Gasteiger partial charge in [0.2, 0.25) is 5.91 Å². The second-order valence-electron chi connectivity index (χ2n) is 6.18. The molecule has 106 valence electrons. The Hall–Kier alpha value is -1.36. The minimum Gasteiger partial charge on any atom is -0.342 e. The number of aromatic amines is 1. The third-order valence-corrected chi connectivity index (χ3v) is 3.72. The summed E-state index contributed by atoms with van der Waals surface area (Å²) in [6.45, 7) is 5.59. The van der Waals surface area contributed by atoms with E-state index in [2.05, 4.69) is 10.2 Å². The van der Waals surface area contributed by atoms with Crippen LogP contribution in [0.15, 0.2) is 12.3 Å². The van der Waals surface area contributed by atoms with E-state index in [0.29, 0.717) is 12.3 Å². The summed E-state index contributed by atoms with van der Waals surface area (Å²) in [5, 5.41) is 7.01. The van der Waals surface area contributed by atoms with Gasteiger partial charge in [-0.15, -0.1) is 0 Å². The second-order valence-corrected chi connectivity index (χ2v) is 6.18. The van der Waals surface area contributed by atoms with Crippen LogP contribution < -0.4 is 5.73 Å². The predicted octanol–water partition coefficient (Wildman–Crippen LogP) is 1.63. The van der Waals surface area contributed by atoms with Crippen molar-refractivity contribution >= 4 is 5.91 Å². The number of nitrogens with zero attached hydrogens (tertiary/aromatic N) is 2. The van der Waals surface area contributed by atoms with Gasteiger partial charge in [-0.1, -0.05) is 0 Å². The third kappa shape index (κ3) is 4.06. The largest absolute Gasteiger partial charge is 0.342 e. The zero-order valence-electron chi connectivity index (χ0n) is 11.9. The number of carbonyl (C=O) groups excluding carboxylic acids is 1. The van der Waals surface area contributed by atoms with Gasteiger partial charge in [-0.05, 0) is 39.2 Å². The van der Waals surface area contributed by atoms with Crippen molar-refractivity contribution < 1.29 is 4.79 Å². The monoisotopic (exact) mass is 264 g/mol. The molecular formula is C14H24N4O. The molecule has 2 rings (SSSR count). The van der Waals surface area contributed by atoms with Crippen LogP contribution in [0.1, 0.15) is 51.1 Å². The lowest BCUT2D eigenvalue weighted by Gasteiger charge is -2.33. The first kappa shape index (κ1) is 14.1. The van der Waals surface area contributed by atoms with Crippen molar-refractivity contribution in [2.24, 2.45) is 5.73 Å². The van der Waals surface area contributed by atoms with Crippen LogP contribution >= 0.6 is 0 Å². The molecule has 3 N–H and O–H groups in total. The van der Waals surface area contributed by atoms with Crippen LogP contribution in [0.25, 0.3) is 0 Å². The van der Waals surface area contributed by atoms with E-state index in [4.69, 9.17) is 5.73 Å². The lowest BCUT2D eigenvalue weighted by atomic mass is 9.94. The maximum Gasteiger partial charge on any atom is 0.222 e. The van der Waals surface area contributed by atoms with Gasteiger partial charge in [0.05, 0.1) is 0 Å². The number of piperidine rings is 1. The zero-order valence-corrected chi connectivity index (χ0v) is 11.9. The molecule has 19 heavy (non-hydrogen) atoms. The number of hydrogen-bond acceptors (Lipinski definition) is 3. The van der Waals surface area contributed by atoms with E-state index in [1.54, 1.807) is 6.20 Å². The summed E-state index contributed by atoms with van der Waals surface area (Å²) in [5.74, 6) is 0.619. The molecule has 0 saturated carbocycles. The number of likely N-dealkylation sites (tertiary alicyclic amines) is 1. The summed E-state index contributed by atoms with van der Waals surface area (Å²) in [6.07, 6.45) is 5.22. The molecule has 0 aromatic carbocycles. The topological polar surface area (TPSA) is 75.0 Å². The van der Waals surface area contributed by atoms with Gasteiger partial charge in [0.15, 0.2) is 0 Å². The molecule has 2 heterocycles. The van der Waals surface area contributed by atoms with Crippen molar-refractivity contribution in [1.82, 2.24) is 15.1 Å². The van der Waals surface area contributed by atoms with Gasteiger partial charge in [-0.2, -0.15) is 5.10 Å². The maximum absolute atomic E-state index is 12.2. The fraction of sp³-hybridized carbons (Fsp3) is 0.714. The fourth-order valence-electron chi connectivity index (χ4n) is 2.54. The predicted molar refractivity (Wildman–Crippen MR) is 74.6 cm³/mol. The number of carbonyl (C=O) groups is 1. The number of amides is 1. The lowest BCUT2D eigenvalue weighted by molar-refractivity contribution is -0.132. The Bertz CT molecular complexity index is 408. The Kier molecular flexibility index (Phi) is 4.24. The first-order valence-corrected chi connectivity index (χ1v) is 7.01. The highest BCUT2D eigenvalue weighted by Gasteiger charge is 2.26. The Balaban J connectivity index is 1.88. The van der Waals surface area contributed by atoms with Crippen molar-refractivity contribution in [3.63, 3.8) is 0 Å². The van der Waals surface area contributed by atoms with Gasteiger partial charge in [-0.3, -0.25) is 9.89 Å². The van der Waals surface area contributed by atoms with E-state index in [1.165, 1.54) is 0 Å². The second kappa shape index (κ2) is 5.74. The quantitative estimate of drug-likeness (QED) is 0.868. The van der Waals surface area contributed by atoms with E-state index in [-0.39, 0.29) is 11.4 Å². The summed E-state index contributed by atoms with van der Waals surface area (Å²) >= 11 is 0. The van der Waals surface area contributed by atoms with Crippen LogP contribution in [0.3, 0.4) is 0 Å². The van der Waals surface area contributed by atoms with Crippen molar-refractivity contribution in [2.75, 3.05) is 13.1 Å². The minimum atomic E-state index is -0.270. The molecule has 1 unspecified atom stereocenters. The molecule has 1 aliphatic rings. The molecule has 1 aromatic heterocycles. The summed E-state index contributed by atoms with van der Waals surface area (Å²) < 4.78 is 0. The van der Waals surface area contributed by atoms with Crippen molar-refractivity contribution in [3.8, 4) is 0 Å². The summed E-state index contributed by atoms with van der Waals surface area (Å²) in [7, 11) is 0. The standard InChI is InChI=1S/C14H24N4O/c1-14(2,15)7-5-13(19)18-9-3-4-11(10-18)12-6-8-16-17-12/h6,8,11H,3-5,7,9-10,15H2,1-2H3,(H,16,17). The number of H-pyrrole nitrogens is 1. The number of rotatable bonds is 4. The van der Waals surface area contributed by atoms with Gasteiger partial charge < -0.3 is 10.6 Å². The molecule has 1 amide bonds. The summed E-state index contributed by atoms with van der Waals surface area (Å²) in [5.41, 5.74) is 6.80. The van der Waals surface area contributed by atoms with Crippen molar-refractivity contribution in [1.29, 1.82) is 0 Å². The average molecular weight is 264 g/mol. The van der Waals surface area contributed by atoms with E-state index in [1.807, 2.05) is 24.8 Å². The van der Waals surface area contributed by atoms with E-state index < -0.39 is 0 Å². The van der Waals surface area contributed by atoms with Crippen LogP contribution in [0, 0.1) is 0 Å². The number of nitrogens with two attached hydrogens (primary N) is 1. The summed E-state index contributed by atoms with van der Waals surface area (Å²) in [4.78, 5) is 14.2. The van der Waals surface area contributed by atoms with Crippen LogP contribution in [-0.4, -0.2) is 39.6 Å². The molecule has 5 heteroatoms. The molecule has 0 radical (unpaired) electrons. The van der Waals surface area contributed by atoms with Crippen LogP contribution in [0.5, 0.6) is 0 Å². The number of hydrogen-bond donors (Lipinski definition) is 2. The molecule has 5 nitrogen and oxygen atoms in total. The highest BCUT2D eigenvalue weighted by molar-refractivity contribution is 5.76. The smallest absolute Gasteiger partial charge is 0.222 e. The normalized spacial score (nSPS) is 20.6. The van der Waals surface area contributed by atoms with E-state index >= 15 is 0 Å². The number of aromatic nitrogens is 2. The van der Waals surface area contributed by atoms with Crippen LogP contribution in [0.4, 0.5) is 0 Å². The molecule has 0 aliphatic carbocycles. The highest BCUT2D eigenvalue weighted by Crippen LogP contribution is 2.25. The molecule has 1 saturated heterocycles. The Labute approximate surface area is 114 Å². The summed E-state index contributed by atoms with van der Waals surface area (Å²) in [6, 6.07) is 2.00. The average Bonchev–Trinajstić information content (AvgIpc) is 2.89. The first-order valence-electron chi connectivity index (χ1n) is 7.01. The zero-order chi connectivity index (χ0) is 13.9. The lowest BCUT2D eigenvalue weighted by Crippen LogP contribution is -2.41. The van der Waals surface area contributed by atoms with Gasteiger partial charge in [0, 0.05) is 42.9 Å². The Morgan fingerprint density at radius 3 is 3.05 bits per heavy atom. The first-order chi connectivity index (χ1) is 8.96. The van der Waals surface area contributed by atoms with Crippen LogP contribution in [-0.2, 0) is 4.79 Å². The van der Waals surface area contributed by atoms with Crippen LogP contribution in [0.2, 0.25) is 0 Å². The molecule has 1 fully saturated rings. The minimum absolute atomic E-state index is 0.225. The van der Waals surface area contributed by atoms with Gasteiger partial charge >= 0.3 is 0 Å². The SMILES string of the molecule is CC(C)(N)CCC(=O)N1CCCC(c2ccn[nH]2)C1. The Morgan fingerprint density at radius 1 is 1.63 bits per heavy atom. The maximum atomic E-state index is 12.2. The Morgan fingerprint density at radius 2 is 2.42 bits per heavy atom. The molecule has 0 spiro atoms. The number of nitrogens with one attached hydrogen (secondary N) is 1. The van der Waals surface area contributed by atoms with Crippen molar-refractivity contribution in [2.45, 2.75) is 51.0 Å². The van der Waals surface area contributed by atoms with Gasteiger partial charge in [-0.25, -0.2) is 0 Å². The molecule has 1 atom stereocenters. The van der Waals surface area contributed by atoms with E-state index in [0.717, 1.165) is 38.0 Å². The van der Waals surface area contributed by atoms with Crippen molar-refractivity contribution in [3.05, 3.63) is 18.0 Å². The van der Waals surface area contributed by atoms with E-state index in [9.17, 15) is 4.79 Å². The molecule has 0 bridgehead atoms. The molecule has 1 aliphatic heterocycles. The fourth-order valence-corrected chi connectivity index (χ4v) is 2.54.